The second kappa shape index (κ2) is 6.50. The molecule has 3 rings (SSSR count). The van der Waals surface area contributed by atoms with E-state index in [4.69, 9.17) is 9.47 Å². The van der Waals surface area contributed by atoms with Gasteiger partial charge in [0.1, 0.15) is 13.2 Å². The Morgan fingerprint density at radius 3 is 2.76 bits per heavy atom. The highest BCUT2D eigenvalue weighted by atomic mass is 16.6. The highest BCUT2D eigenvalue weighted by Gasteiger charge is 2.22. The lowest BCUT2D eigenvalue weighted by atomic mass is 10.0. The SMILES string of the molecule is CC[C@@H](N[C@@H]1C=C[C@H](CO)C1)c1ccc2c(c1)OCCO2. The third kappa shape index (κ3) is 3.22. The molecule has 4 nitrogen and oxygen atoms in total. The fourth-order valence-electron chi connectivity index (χ4n) is 3.02. The first-order chi connectivity index (χ1) is 10.3. The molecule has 3 atom stereocenters. The lowest BCUT2D eigenvalue weighted by Crippen LogP contribution is -2.30. The molecular formula is C17H23NO3. The molecular weight excluding hydrogens is 266 g/mol. The minimum absolute atomic E-state index is 0.232. The van der Waals surface area contributed by atoms with Crippen molar-refractivity contribution in [1.82, 2.24) is 5.32 Å². The molecule has 1 aromatic carbocycles. The lowest BCUT2D eigenvalue weighted by molar-refractivity contribution is 0.171. The molecule has 2 aliphatic rings. The van der Waals surface area contributed by atoms with Gasteiger partial charge in [-0.25, -0.2) is 0 Å². The van der Waals surface area contributed by atoms with E-state index < -0.39 is 0 Å². The van der Waals surface area contributed by atoms with Gasteiger partial charge in [0.15, 0.2) is 11.5 Å². The zero-order valence-electron chi connectivity index (χ0n) is 12.4. The molecule has 0 bridgehead atoms. The number of nitrogens with one attached hydrogen (secondary N) is 1. The van der Waals surface area contributed by atoms with E-state index in [2.05, 4.69) is 36.5 Å². The molecule has 1 aliphatic heterocycles. The number of fused-ring (bicyclic) bond motifs is 1. The van der Waals surface area contributed by atoms with E-state index in [0.717, 1.165) is 24.3 Å². The van der Waals surface area contributed by atoms with Crippen LogP contribution in [0.2, 0.25) is 0 Å². The van der Waals surface area contributed by atoms with Gasteiger partial charge in [-0.05, 0) is 30.5 Å². The Balaban J connectivity index is 1.70. The summed E-state index contributed by atoms with van der Waals surface area (Å²) in [6.45, 7) is 3.65. The maximum absolute atomic E-state index is 9.22. The molecule has 0 radical (unpaired) electrons. The van der Waals surface area contributed by atoms with Gasteiger partial charge in [0.05, 0.1) is 0 Å². The molecule has 1 heterocycles. The van der Waals surface area contributed by atoms with E-state index in [9.17, 15) is 5.11 Å². The highest BCUT2D eigenvalue weighted by Crippen LogP contribution is 2.33. The number of hydrogen-bond acceptors (Lipinski definition) is 4. The van der Waals surface area contributed by atoms with Gasteiger partial charge in [-0.3, -0.25) is 0 Å². The van der Waals surface area contributed by atoms with Crippen molar-refractivity contribution in [2.45, 2.75) is 31.8 Å². The Morgan fingerprint density at radius 2 is 2.05 bits per heavy atom. The normalized spacial score (nSPS) is 25.0. The van der Waals surface area contributed by atoms with E-state index in [1.807, 2.05) is 6.07 Å². The summed E-state index contributed by atoms with van der Waals surface area (Å²) < 4.78 is 11.2. The van der Waals surface area contributed by atoms with E-state index in [1.54, 1.807) is 0 Å². The quantitative estimate of drug-likeness (QED) is 0.818. The molecule has 0 saturated carbocycles. The summed E-state index contributed by atoms with van der Waals surface area (Å²) in [5, 5.41) is 12.9. The van der Waals surface area contributed by atoms with Gasteiger partial charge in [-0.1, -0.05) is 25.1 Å². The third-order valence-corrected chi connectivity index (χ3v) is 4.20. The summed E-state index contributed by atoms with van der Waals surface area (Å²) in [6.07, 6.45) is 6.25. The van der Waals surface area contributed by atoms with Gasteiger partial charge in [0.2, 0.25) is 0 Å². The predicted octanol–water partition coefficient (Wildman–Crippen LogP) is 2.44. The van der Waals surface area contributed by atoms with Crippen LogP contribution in [0.15, 0.2) is 30.4 Å². The number of benzene rings is 1. The Morgan fingerprint density at radius 1 is 1.24 bits per heavy atom. The summed E-state index contributed by atoms with van der Waals surface area (Å²) in [5.41, 5.74) is 1.22. The van der Waals surface area contributed by atoms with Crippen LogP contribution in [0, 0.1) is 5.92 Å². The maximum atomic E-state index is 9.22. The van der Waals surface area contributed by atoms with E-state index in [-0.39, 0.29) is 12.6 Å². The van der Waals surface area contributed by atoms with Crippen LogP contribution in [0.3, 0.4) is 0 Å². The van der Waals surface area contributed by atoms with E-state index >= 15 is 0 Å². The van der Waals surface area contributed by atoms with Crippen LogP contribution in [-0.4, -0.2) is 31.0 Å². The van der Waals surface area contributed by atoms with Crippen molar-refractivity contribution in [1.29, 1.82) is 0 Å². The van der Waals surface area contributed by atoms with Crippen LogP contribution in [0.1, 0.15) is 31.4 Å². The van der Waals surface area contributed by atoms with Crippen LogP contribution in [0.4, 0.5) is 0 Å². The molecule has 1 aliphatic carbocycles. The van der Waals surface area contributed by atoms with E-state index in [1.165, 1.54) is 5.56 Å². The van der Waals surface area contributed by atoms with Crippen molar-refractivity contribution in [2.75, 3.05) is 19.8 Å². The molecule has 4 heteroatoms. The predicted molar refractivity (Wildman–Crippen MR) is 81.7 cm³/mol. The summed E-state index contributed by atoms with van der Waals surface area (Å²) in [6, 6.07) is 6.80. The van der Waals surface area contributed by atoms with Crippen molar-refractivity contribution >= 4 is 0 Å². The van der Waals surface area contributed by atoms with Crippen molar-refractivity contribution < 1.29 is 14.6 Å². The zero-order valence-corrected chi connectivity index (χ0v) is 12.4. The molecule has 0 fully saturated rings. The fourth-order valence-corrected chi connectivity index (χ4v) is 3.02. The monoisotopic (exact) mass is 289 g/mol. The summed E-state index contributed by atoms with van der Waals surface area (Å²) in [4.78, 5) is 0. The molecule has 0 unspecified atom stereocenters. The average Bonchev–Trinajstić information content (AvgIpc) is 3.00. The fraction of sp³-hybridized carbons (Fsp3) is 0.529. The van der Waals surface area contributed by atoms with Crippen LogP contribution in [0.5, 0.6) is 11.5 Å². The standard InChI is InChI=1S/C17H23NO3/c1-2-15(18-14-5-3-12(9-14)11-19)13-4-6-16-17(10-13)21-8-7-20-16/h3-6,10,12,14-15,18-19H,2,7-9,11H2,1H3/t12-,14+,15+/m0/s1. The van der Waals surface area contributed by atoms with Gasteiger partial charge >= 0.3 is 0 Å². The Bertz CT molecular complexity index is 515. The topological polar surface area (TPSA) is 50.7 Å². The van der Waals surface area contributed by atoms with Gasteiger partial charge in [-0.15, -0.1) is 0 Å². The van der Waals surface area contributed by atoms with E-state index in [0.29, 0.717) is 25.2 Å². The molecule has 0 spiro atoms. The van der Waals surface area contributed by atoms with Gasteiger partial charge in [0.25, 0.3) is 0 Å². The van der Waals surface area contributed by atoms with Gasteiger partial charge in [-0.2, -0.15) is 0 Å². The number of aliphatic hydroxyl groups excluding tert-OH is 1. The van der Waals surface area contributed by atoms with Crippen LogP contribution < -0.4 is 14.8 Å². The number of ether oxygens (including phenoxy) is 2. The minimum Gasteiger partial charge on any atom is -0.486 e. The average molecular weight is 289 g/mol. The summed E-state index contributed by atoms with van der Waals surface area (Å²) >= 11 is 0. The molecule has 0 amide bonds. The second-order valence-corrected chi connectivity index (χ2v) is 5.70. The third-order valence-electron chi connectivity index (χ3n) is 4.20. The van der Waals surface area contributed by atoms with Crippen LogP contribution >= 0.6 is 0 Å². The van der Waals surface area contributed by atoms with Crippen molar-refractivity contribution in [3.8, 4) is 11.5 Å². The first-order valence-corrected chi connectivity index (χ1v) is 7.75. The molecule has 0 aromatic heterocycles. The van der Waals surface area contributed by atoms with Crippen LogP contribution in [-0.2, 0) is 0 Å². The first-order valence-electron chi connectivity index (χ1n) is 7.75. The zero-order chi connectivity index (χ0) is 14.7. The largest absolute Gasteiger partial charge is 0.486 e. The van der Waals surface area contributed by atoms with Crippen molar-refractivity contribution in [3.63, 3.8) is 0 Å². The van der Waals surface area contributed by atoms with Crippen molar-refractivity contribution in [2.24, 2.45) is 5.92 Å². The molecule has 0 saturated heterocycles. The summed E-state index contributed by atoms with van der Waals surface area (Å²) in [7, 11) is 0. The number of hydrogen-bond donors (Lipinski definition) is 2. The summed E-state index contributed by atoms with van der Waals surface area (Å²) in [5.74, 6) is 1.97. The molecule has 114 valence electrons. The van der Waals surface area contributed by atoms with Crippen LogP contribution in [0.25, 0.3) is 0 Å². The van der Waals surface area contributed by atoms with Gasteiger partial charge in [0, 0.05) is 24.6 Å². The lowest BCUT2D eigenvalue weighted by Gasteiger charge is -2.24. The second-order valence-electron chi connectivity index (χ2n) is 5.70. The molecule has 1 aromatic rings. The molecule has 21 heavy (non-hydrogen) atoms. The Hall–Kier alpha value is -1.52. The number of rotatable bonds is 5. The Labute approximate surface area is 125 Å². The minimum atomic E-state index is 0.232. The van der Waals surface area contributed by atoms with Crippen molar-refractivity contribution in [3.05, 3.63) is 35.9 Å². The maximum Gasteiger partial charge on any atom is 0.161 e. The smallest absolute Gasteiger partial charge is 0.161 e. The Kier molecular flexibility index (Phi) is 4.46. The first kappa shape index (κ1) is 14.4. The molecule has 2 N–H and O–H groups in total. The number of aliphatic hydroxyl groups is 1. The highest BCUT2D eigenvalue weighted by molar-refractivity contribution is 5.44. The van der Waals surface area contributed by atoms with Gasteiger partial charge < -0.3 is 19.9 Å².